The molecule has 1 fully saturated rings. The van der Waals surface area contributed by atoms with Crippen LogP contribution in [0.25, 0.3) is 6.08 Å². The normalized spacial score (nSPS) is 19.2. The molecule has 0 aliphatic carbocycles. The number of hydrogen-bond donors (Lipinski definition) is 0. The largest absolute Gasteiger partial charge is 0.440 e. The number of barbiturate groups is 1. The Bertz CT molecular complexity index is 1520. The highest BCUT2D eigenvalue weighted by atomic mass is 16.4. The number of nitrogens with zero attached hydrogens (tertiary/aromatic N) is 3. The van der Waals surface area contributed by atoms with Crippen LogP contribution in [-0.2, 0) is 20.4 Å². The van der Waals surface area contributed by atoms with Gasteiger partial charge in [-0.15, -0.1) is 0 Å². The molecule has 0 saturated carbocycles. The Morgan fingerprint density at radius 1 is 0.750 bits per heavy atom. The average Bonchev–Trinajstić information content (AvgIpc) is 3.29. The van der Waals surface area contributed by atoms with Crippen LogP contribution < -0.4 is 4.90 Å². The van der Waals surface area contributed by atoms with E-state index in [1.807, 2.05) is 12.1 Å². The first kappa shape index (κ1) is 22.3. The topological polar surface area (TPSA) is 74.1 Å². The minimum atomic E-state index is -0.655. The number of carbonyl (C=O) groups excluding carboxylic acids is 3. The number of hydrogen-bond acceptors (Lipinski definition) is 5. The highest BCUT2D eigenvalue weighted by Gasteiger charge is 2.47. The molecule has 2 aromatic carbocycles. The van der Waals surface area contributed by atoms with Crippen molar-refractivity contribution in [2.45, 2.75) is 38.5 Å². The molecule has 0 bridgehead atoms. The van der Waals surface area contributed by atoms with Crippen molar-refractivity contribution >= 4 is 41.2 Å². The number of rotatable bonds is 1. The van der Waals surface area contributed by atoms with E-state index in [-0.39, 0.29) is 16.4 Å². The molecule has 0 spiro atoms. The van der Waals surface area contributed by atoms with Crippen LogP contribution in [0.3, 0.4) is 0 Å². The van der Waals surface area contributed by atoms with E-state index in [1.165, 1.54) is 36.9 Å². The van der Waals surface area contributed by atoms with Crippen molar-refractivity contribution < 1.29 is 18.8 Å². The molecule has 4 amide bonds. The van der Waals surface area contributed by atoms with Gasteiger partial charge in [-0.25, -0.2) is 4.79 Å². The summed E-state index contributed by atoms with van der Waals surface area (Å²) in [5, 5.41) is 0. The Balaban J connectivity index is 1.59. The number of fused-ring (bicyclic) bond motifs is 4. The van der Waals surface area contributed by atoms with Gasteiger partial charge in [0.1, 0.15) is 11.3 Å². The van der Waals surface area contributed by atoms with E-state index >= 15 is 0 Å². The predicted molar refractivity (Wildman–Crippen MR) is 137 cm³/mol. The number of likely N-dealkylation sites (N-methyl/N-ethyl adjacent to an activating group) is 2. The first-order valence-electron chi connectivity index (χ1n) is 12.0. The Morgan fingerprint density at radius 2 is 1.31 bits per heavy atom. The number of para-hydroxylation sites is 2. The number of amides is 4. The van der Waals surface area contributed by atoms with E-state index in [2.05, 4.69) is 69.0 Å². The van der Waals surface area contributed by atoms with Crippen molar-refractivity contribution in [3.63, 3.8) is 0 Å². The van der Waals surface area contributed by atoms with E-state index in [4.69, 9.17) is 4.42 Å². The van der Waals surface area contributed by atoms with Gasteiger partial charge >= 0.3 is 6.03 Å². The Morgan fingerprint density at radius 3 is 1.94 bits per heavy atom. The third-order valence-electron chi connectivity index (χ3n) is 7.96. The summed E-state index contributed by atoms with van der Waals surface area (Å²) in [6.45, 7) is 8.81. The molecule has 7 nitrogen and oxygen atoms in total. The molecule has 4 heterocycles. The van der Waals surface area contributed by atoms with Crippen LogP contribution in [0.2, 0.25) is 0 Å². The Hall–Kier alpha value is -4.13. The second-order valence-corrected chi connectivity index (χ2v) is 10.7. The van der Waals surface area contributed by atoms with E-state index in [0.29, 0.717) is 11.6 Å². The number of benzene rings is 2. The lowest BCUT2D eigenvalue weighted by atomic mass is 9.67. The highest BCUT2D eigenvalue weighted by molar-refractivity contribution is 6.30. The minimum Gasteiger partial charge on any atom is -0.440 e. The number of furan rings is 1. The molecule has 3 aliphatic rings. The number of imide groups is 2. The first-order chi connectivity index (χ1) is 17.0. The second-order valence-electron chi connectivity index (χ2n) is 10.7. The summed E-state index contributed by atoms with van der Waals surface area (Å²) in [4.78, 5) is 41.8. The maximum absolute atomic E-state index is 12.8. The molecule has 1 aromatic heterocycles. The predicted octanol–water partition coefficient (Wildman–Crippen LogP) is 5.46. The van der Waals surface area contributed by atoms with Gasteiger partial charge < -0.3 is 4.42 Å². The molecule has 6 rings (SSSR count). The molecular weight excluding hydrogens is 454 g/mol. The van der Waals surface area contributed by atoms with E-state index in [1.54, 1.807) is 0 Å². The summed E-state index contributed by atoms with van der Waals surface area (Å²) < 4.78 is 6.44. The zero-order valence-corrected chi connectivity index (χ0v) is 21.2. The number of carbonyl (C=O) groups is 3. The zero-order valence-electron chi connectivity index (χ0n) is 21.2. The van der Waals surface area contributed by atoms with Crippen LogP contribution in [0.15, 0.2) is 58.5 Å². The number of anilines is 3. The second kappa shape index (κ2) is 6.97. The molecule has 0 N–H and O–H groups in total. The zero-order chi connectivity index (χ0) is 25.7. The fourth-order valence-electron chi connectivity index (χ4n) is 5.81. The van der Waals surface area contributed by atoms with Crippen molar-refractivity contribution in [3.05, 3.63) is 82.1 Å². The van der Waals surface area contributed by atoms with Crippen LogP contribution in [0.5, 0.6) is 0 Å². The van der Waals surface area contributed by atoms with Crippen molar-refractivity contribution in [2.75, 3.05) is 19.0 Å². The van der Waals surface area contributed by atoms with Crippen LogP contribution in [0.1, 0.15) is 55.7 Å². The van der Waals surface area contributed by atoms with Crippen LogP contribution in [0.4, 0.5) is 22.1 Å². The minimum absolute atomic E-state index is 0.109. The number of urea groups is 1. The van der Waals surface area contributed by atoms with Crippen molar-refractivity contribution in [3.8, 4) is 0 Å². The molecule has 182 valence electrons. The molecule has 1 saturated heterocycles. The van der Waals surface area contributed by atoms with Gasteiger partial charge in [-0.2, -0.15) is 0 Å². The van der Waals surface area contributed by atoms with Gasteiger partial charge in [0.25, 0.3) is 11.8 Å². The van der Waals surface area contributed by atoms with Gasteiger partial charge in [-0.3, -0.25) is 24.3 Å². The van der Waals surface area contributed by atoms with Crippen molar-refractivity contribution in [2.24, 2.45) is 0 Å². The quantitative estimate of drug-likeness (QED) is 0.341. The summed E-state index contributed by atoms with van der Waals surface area (Å²) >= 11 is 0. The summed E-state index contributed by atoms with van der Waals surface area (Å²) in [5.41, 5.74) is 6.01. The first-order valence-corrected chi connectivity index (χ1v) is 12.0. The smallest absolute Gasteiger partial charge is 0.333 e. The maximum atomic E-state index is 12.8. The third-order valence-corrected chi connectivity index (χ3v) is 7.96. The molecule has 3 aromatic rings. The van der Waals surface area contributed by atoms with Crippen LogP contribution in [-0.4, -0.2) is 41.7 Å². The molecule has 0 atom stereocenters. The van der Waals surface area contributed by atoms with Gasteiger partial charge in [0.2, 0.25) is 5.88 Å². The fraction of sp³-hybridized carbons (Fsp3) is 0.276. The average molecular weight is 482 g/mol. The highest BCUT2D eigenvalue weighted by Crippen LogP contribution is 2.60. The lowest BCUT2D eigenvalue weighted by Gasteiger charge is -2.47. The van der Waals surface area contributed by atoms with Crippen LogP contribution >= 0.6 is 0 Å². The molecule has 3 aliphatic heterocycles. The Labute approximate surface area is 209 Å². The summed E-state index contributed by atoms with van der Waals surface area (Å²) in [6.07, 6.45) is 1.45. The van der Waals surface area contributed by atoms with E-state index < -0.39 is 17.8 Å². The van der Waals surface area contributed by atoms with E-state index in [0.717, 1.165) is 26.7 Å². The Kier molecular flexibility index (Phi) is 4.32. The molecule has 0 radical (unpaired) electrons. The van der Waals surface area contributed by atoms with Gasteiger partial charge in [0, 0.05) is 30.5 Å². The van der Waals surface area contributed by atoms with Crippen LogP contribution in [0, 0.1) is 0 Å². The van der Waals surface area contributed by atoms with Gasteiger partial charge in [-0.05, 0) is 34.9 Å². The summed E-state index contributed by atoms with van der Waals surface area (Å²) in [6, 6.07) is 16.0. The van der Waals surface area contributed by atoms with Gasteiger partial charge in [0.05, 0.1) is 11.4 Å². The maximum Gasteiger partial charge on any atom is 0.333 e. The van der Waals surface area contributed by atoms with Crippen molar-refractivity contribution in [1.82, 2.24) is 9.80 Å². The van der Waals surface area contributed by atoms with E-state index in [9.17, 15) is 14.4 Å². The molecule has 0 unspecified atom stereocenters. The van der Waals surface area contributed by atoms with Gasteiger partial charge in [-0.1, -0.05) is 64.1 Å². The molecule has 36 heavy (non-hydrogen) atoms. The lowest BCUT2D eigenvalue weighted by Crippen LogP contribution is -2.52. The third kappa shape index (κ3) is 2.65. The SMILES string of the molecule is CN1C(=O)C(=Cc2cc3c(o2)N2c4ccccc4C(C)(C)c4cccc(c42)C3(C)C)C(=O)N(C)C1=O. The standard InChI is InChI=1S/C29H27N3O4/c1-28(2)18-10-7-8-13-22(18)32-23-19(28)11-9-12-20(23)29(3,4)21-15-16(36-26(21)32)14-17-24(33)30(5)27(35)31(6)25(17)34/h7-15H,1-6H3. The van der Waals surface area contributed by atoms with Gasteiger partial charge in [0.15, 0.2) is 0 Å². The monoisotopic (exact) mass is 481 g/mol. The summed E-state index contributed by atoms with van der Waals surface area (Å²) in [7, 11) is 2.73. The lowest BCUT2D eigenvalue weighted by molar-refractivity contribution is -0.134. The molecular formula is C29H27N3O4. The van der Waals surface area contributed by atoms with Crippen molar-refractivity contribution in [1.29, 1.82) is 0 Å². The fourth-order valence-corrected chi connectivity index (χ4v) is 5.81. The summed E-state index contributed by atoms with van der Waals surface area (Å²) in [5.74, 6) is -0.236. The molecule has 7 heteroatoms.